The zero-order valence-corrected chi connectivity index (χ0v) is 24.5. The number of rotatable bonds is 10. The van der Waals surface area contributed by atoms with Crippen molar-refractivity contribution >= 4 is 29.6 Å². The second-order valence-electron chi connectivity index (χ2n) is 11.1. The van der Waals surface area contributed by atoms with Crippen LogP contribution in [0.25, 0.3) is 0 Å². The fraction of sp³-hybridized carbons (Fsp3) is 0.387. The van der Waals surface area contributed by atoms with Gasteiger partial charge in [-0.05, 0) is 63.4 Å². The maximum atomic E-state index is 15.1. The number of nitrogens with one attached hydrogen (secondary N) is 3. The molecule has 0 spiro atoms. The molecule has 0 unspecified atom stereocenters. The summed E-state index contributed by atoms with van der Waals surface area (Å²) in [6.45, 7) is 6.03. The highest BCUT2D eigenvalue weighted by Crippen LogP contribution is 2.25. The molecule has 1 atom stereocenters. The normalized spacial score (nSPS) is 14.4. The lowest BCUT2D eigenvalue weighted by Gasteiger charge is -2.34. The van der Waals surface area contributed by atoms with E-state index in [0.717, 1.165) is 24.5 Å². The zero-order chi connectivity index (χ0) is 30.8. The summed E-state index contributed by atoms with van der Waals surface area (Å²) in [6, 6.07) is 14.0. The second-order valence-corrected chi connectivity index (χ2v) is 11.1. The van der Waals surface area contributed by atoms with Crippen molar-refractivity contribution in [3.05, 3.63) is 83.9 Å². The number of benzene rings is 2. The van der Waals surface area contributed by atoms with E-state index in [1.807, 2.05) is 23.1 Å². The third-order valence-electron chi connectivity index (χ3n) is 6.61. The summed E-state index contributed by atoms with van der Waals surface area (Å²) in [5, 5.41) is 8.34. The van der Waals surface area contributed by atoms with Crippen LogP contribution in [0.1, 0.15) is 49.5 Å². The summed E-state index contributed by atoms with van der Waals surface area (Å²) >= 11 is 0. The maximum absolute atomic E-state index is 15.1. The Hall–Kier alpha value is -4.74. The van der Waals surface area contributed by atoms with Crippen LogP contribution in [0.4, 0.5) is 20.8 Å². The number of nitrogens with zero attached hydrogens (tertiary/aromatic N) is 3. The lowest BCUT2D eigenvalue weighted by Crippen LogP contribution is -2.50. The lowest BCUT2D eigenvalue weighted by molar-refractivity contribution is -0.157. The first-order valence-corrected chi connectivity index (χ1v) is 14.1. The van der Waals surface area contributed by atoms with Crippen molar-refractivity contribution < 1.29 is 28.2 Å². The van der Waals surface area contributed by atoms with E-state index in [2.05, 4.69) is 25.9 Å². The van der Waals surface area contributed by atoms with Gasteiger partial charge in [-0.1, -0.05) is 30.3 Å². The summed E-state index contributed by atoms with van der Waals surface area (Å²) in [4.78, 5) is 48.4. The topological polar surface area (TPSA) is 135 Å². The molecular weight excluding hydrogens is 555 g/mol. The number of anilines is 2. The van der Waals surface area contributed by atoms with Crippen LogP contribution in [0.15, 0.2) is 67.0 Å². The Morgan fingerprint density at radius 1 is 1.02 bits per heavy atom. The van der Waals surface area contributed by atoms with Gasteiger partial charge in [-0.15, -0.1) is 0 Å². The van der Waals surface area contributed by atoms with Gasteiger partial charge in [0.2, 0.25) is 5.95 Å². The molecule has 2 heterocycles. The van der Waals surface area contributed by atoms with E-state index < -0.39 is 35.4 Å². The SMILES string of the molecule is CC(C)(C)OC(=O)[C@H](CNC(=O)c1ccc(N2CCC(Nc3ncccn3)CC2)c(F)c1)NC(=O)OCc1ccccc1. The van der Waals surface area contributed by atoms with Gasteiger partial charge in [0.15, 0.2) is 0 Å². The average molecular weight is 593 g/mol. The minimum absolute atomic E-state index is 0.00131. The van der Waals surface area contributed by atoms with Crippen LogP contribution in [-0.2, 0) is 20.9 Å². The largest absolute Gasteiger partial charge is 0.458 e. The average Bonchev–Trinajstić information content (AvgIpc) is 2.98. The first kappa shape index (κ1) is 31.2. The Morgan fingerprint density at radius 2 is 1.72 bits per heavy atom. The number of amides is 2. The fourth-order valence-corrected chi connectivity index (χ4v) is 4.50. The summed E-state index contributed by atoms with van der Waals surface area (Å²) < 4.78 is 25.8. The molecule has 3 N–H and O–H groups in total. The molecule has 3 aromatic rings. The van der Waals surface area contributed by atoms with E-state index in [0.29, 0.717) is 24.7 Å². The van der Waals surface area contributed by atoms with Crippen LogP contribution in [0, 0.1) is 5.82 Å². The molecule has 12 heteroatoms. The minimum atomic E-state index is -1.23. The molecule has 11 nitrogen and oxygen atoms in total. The molecule has 0 bridgehead atoms. The van der Waals surface area contributed by atoms with Crippen LogP contribution in [0.2, 0.25) is 0 Å². The van der Waals surface area contributed by atoms with E-state index in [4.69, 9.17) is 9.47 Å². The molecule has 2 amide bonds. The number of ether oxygens (including phenoxy) is 2. The van der Waals surface area contributed by atoms with Crippen LogP contribution in [0.3, 0.4) is 0 Å². The van der Waals surface area contributed by atoms with E-state index in [-0.39, 0.29) is 24.8 Å². The Kier molecular flexibility index (Phi) is 10.5. The van der Waals surface area contributed by atoms with E-state index in [1.165, 1.54) is 6.07 Å². The number of halogens is 1. The van der Waals surface area contributed by atoms with Gasteiger partial charge in [0.1, 0.15) is 24.1 Å². The Morgan fingerprint density at radius 3 is 2.37 bits per heavy atom. The number of esters is 1. The summed E-state index contributed by atoms with van der Waals surface area (Å²) in [5.41, 5.74) is 0.426. The van der Waals surface area contributed by atoms with Crippen molar-refractivity contribution in [3.63, 3.8) is 0 Å². The van der Waals surface area contributed by atoms with Gasteiger partial charge < -0.3 is 30.3 Å². The standard InChI is InChI=1S/C31H37FN6O5/c1-31(2,3)43-28(40)25(37-30(41)42-20-21-8-5-4-6-9-21)19-35-27(39)22-10-11-26(24(32)18-22)38-16-12-23(13-17-38)36-29-33-14-7-15-34-29/h4-11,14-15,18,23,25H,12-13,16-17,19-20H2,1-3H3,(H,35,39)(H,37,41)(H,33,34,36)/t25-/m0/s1. The molecule has 0 aliphatic carbocycles. The third-order valence-corrected chi connectivity index (χ3v) is 6.61. The van der Waals surface area contributed by atoms with Crippen LogP contribution in [0.5, 0.6) is 0 Å². The molecule has 0 saturated carbocycles. The minimum Gasteiger partial charge on any atom is -0.458 e. The van der Waals surface area contributed by atoms with Crippen molar-refractivity contribution in [2.45, 2.75) is 57.9 Å². The highest BCUT2D eigenvalue weighted by atomic mass is 19.1. The van der Waals surface area contributed by atoms with E-state index >= 15 is 4.39 Å². The lowest BCUT2D eigenvalue weighted by atomic mass is 10.0. The molecule has 43 heavy (non-hydrogen) atoms. The van der Waals surface area contributed by atoms with E-state index in [9.17, 15) is 14.4 Å². The molecule has 228 valence electrons. The number of alkyl carbamates (subject to hydrolysis) is 1. The molecule has 1 aliphatic heterocycles. The van der Waals surface area contributed by atoms with Gasteiger partial charge in [-0.2, -0.15) is 0 Å². The highest BCUT2D eigenvalue weighted by molar-refractivity contribution is 5.95. The second kappa shape index (κ2) is 14.4. The molecule has 2 aromatic carbocycles. The molecule has 1 fully saturated rings. The van der Waals surface area contributed by atoms with Gasteiger partial charge in [0, 0.05) is 43.6 Å². The highest BCUT2D eigenvalue weighted by Gasteiger charge is 2.28. The van der Waals surface area contributed by atoms with Crippen molar-refractivity contribution in [3.8, 4) is 0 Å². The van der Waals surface area contributed by atoms with E-state index in [1.54, 1.807) is 57.4 Å². The smallest absolute Gasteiger partial charge is 0.408 e. The van der Waals surface area contributed by atoms with Crippen molar-refractivity contribution in [1.29, 1.82) is 0 Å². The van der Waals surface area contributed by atoms with Crippen LogP contribution >= 0.6 is 0 Å². The van der Waals surface area contributed by atoms with Gasteiger partial charge in [-0.3, -0.25) is 4.79 Å². The predicted octanol–water partition coefficient (Wildman–Crippen LogP) is 4.06. The first-order chi connectivity index (χ1) is 20.6. The first-order valence-electron chi connectivity index (χ1n) is 14.1. The van der Waals surface area contributed by atoms with Gasteiger partial charge in [0.05, 0.1) is 5.69 Å². The number of hydrogen-bond acceptors (Lipinski definition) is 9. The monoisotopic (exact) mass is 592 g/mol. The third kappa shape index (κ3) is 9.66. The van der Waals surface area contributed by atoms with Crippen LogP contribution < -0.4 is 20.9 Å². The summed E-state index contributed by atoms with van der Waals surface area (Å²) in [5.74, 6) is -1.32. The molecule has 0 radical (unpaired) electrons. The zero-order valence-electron chi connectivity index (χ0n) is 24.5. The fourth-order valence-electron chi connectivity index (χ4n) is 4.50. The molecule has 1 aliphatic rings. The molecule has 1 saturated heterocycles. The Bertz CT molecular complexity index is 1380. The summed E-state index contributed by atoms with van der Waals surface area (Å²) in [7, 11) is 0. The number of carbonyl (C=O) groups excluding carboxylic acids is 3. The van der Waals surface area contributed by atoms with Crippen molar-refractivity contribution in [1.82, 2.24) is 20.6 Å². The number of aromatic nitrogens is 2. The number of carbonyl (C=O) groups is 3. The maximum Gasteiger partial charge on any atom is 0.408 e. The van der Waals surface area contributed by atoms with Gasteiger partial charge in [0.25, 0.3) is 5.91 Å². The predicted molar refractivity (Wildman–Crippen MR) is 159 cm³/mol. The van der Waals surface area contributed by atoms with Crippen molar-refractivity contribution in [2.24, 2.45) is 0 Å². The molecule has 4 rings (SSSR count). The van der Waals surface area contributed by atoms with Crippen LogP contribution in [-0.4, -0.2) is 65.3 Å². The quantitative estimate of drug-likeness (QED) is 0.298. The van der Waals surface area contributed by atoms with Gasteiger partial charge >= 0.3 is 12.1 Å². The number of piperidine rings is 1. The Labute approximate surface area is 250 Å². The Balaban J connectivity index is 1.32. The molecular formula is C31H37FN6O5. The summed E-state index contributed by atoms with van der Waals surface area (Å²) in [6.07, 6.45) is 4.04. The molecule has 1 aromatic heterocycles. The van der Waals surface area contributed by atoms with Crippen molar-refractivity contribution in [2.75, 3.05) is 29.9 Å². The van der Waals surface area contributed by atoms with Gasteiger partial charge in [-0.25, -0.2) is 23.9 Å². The number of hydrogen-bond donors (Lipinski definition) is 3.